The zero-order valence-corrected chi connectivity index (χ0v) is 12.5. The van der Waals surface area contributed by atoms with Gasteiger partial charge in [-0.2, -0.15) is 0 Å². The molecule has 0 bridgehead atoms. The summed E-state index contributed by atoms with van der Waals surface area (Å²) < 4.78 is 5.09. The van der Waals surface area contributed by atoms with Crippen LogP contribution in [0.4, 0.5) is 5.69 Å². The first kappa shape index (κ1) is 15.4. The van der Waals surface area contributed by atoms with Crippen molar-refractivity contribution in [1.82, 2.24) is 5.32 Å². The van der Waals surface area contributed by atoms with E-state index in [4.69, 9.17) is 16.3 Å². The summed E-state index contributed by atoms with van der Waals surface area (Å²) in [7, 11) is 1.63. The van der Waals surface area contributed by atoms with Gasteiger partial charge in [-0.05, 0) is 29.8 Å². The topological polar surface area (TPSA) is 50.4 Å². The molecule has 0 heterocycles. The number of nitrogens with one attached hydrogen (secondary N) is 2. The molecule has 0 fully saturated rings. The van der Waals surface area contributed by atoms with Gasteiger partial charge in [-0.15, -0.1) is 0 Å². The van der Waals surface area contributed by atoms with Crippen molar-refractivity contribution in [3.05, 3.63) is 59.1 Å². The van der Waals surface area contributed by atoms with Gasteiger partial charge < -0.3 is 15.4 Å². The van der Waals surface area contributed by atoms with E-state index in [0.717, 1.165) is 11.3 Å². The number of halogens is 1. The minimum Gasteiger partial charge on any atom is -0.497 e. The second kappa shape index (κ2) is 7.67. The van der Waals surface area contributed by atoms with E-state index in [2.05, 4.69) is 10.6 Å². The van der Waals surface area contributed by atoms with Crippen molar-refractivity contribution in [2.24, 2.45) is 0 Å². The van der Waals surface area contributed by atoms with E-state index in [1.54, 1.807) is 19.2 Å². The van der Waals surface area contributed by atoms with Crippen LogP contribution in [0.2, 0.25) is 5.02 Å². The number of methoxy groups -OCH3 is 1. The molecule has 2 rings (SSSR count). The van der Waals surface area contributed by atoms with Crippen molar-refractivity contribution >= 4 is 23.2 Å². The van der Waals surface area contributed by atoms with Crippen molar-refractivity contribution in [3.63, 3.8) is 0 Å². The summed E-state index contributed by atoms with van der Waals surface area (Å²) in [5.74, 6) is 0.687. The van der Waals surface area contributed by atoms with Gasteiger partial charge in [-0.3, -0.25) is 4.79 Å². The summed E-state index contributed by atoms with van der Waals surface area (Å²) in [6.07, 6.45) is 0. The predicted octanol–water partition coefficient (Wildman–Crippen LogP) is 3.08. The standard InChI is InChI=1S/C16H17ClN2O2/c1-21-13-8-6-12(7-9-13)10-18-11-16(20)19-15-5-3-2-4-14(15)17/h2-9,18H,10-11H2,1H3,(H,19,20). The van der Waals surface area contributed by atoms with Gasteiger partial charge in [0, 0.05) is 6.54 Å². The van der Waals surface area contributed by atoms with Gasteiger partial charge >= 0.3 is 0 Å². The van der Waals surface area contributed by atoms with Gasteiger partial charge in [-0.1, -0.05) is 35.9 Å². The van der Waals surface area contributed by atoms with Crippen molar-refractivity contribution in [2.45, 2.75) is 6.54 Å². The molecule has 2 N–H and O–H groups in total. The Morgan fingerprint density at radius 1 is 1.14 bits per heavy atom. The van der Waals surface area contributed by atoms with Gasteiger partial charge in [0.1, 0.15) is 5.75 Å². The minimum atomic E-state index is -0.128. The van der Waals surface area contributed by atoms with Crippen molar-refractivity contribution < 1.29 is 9.53 Å². The molecule has 0 unspecified atom stereocenters. The summed E-state index contributed by atoms with van der Waals surface area (Å²) in [5.41, 5.74) is 1.71. The largest absolute Gasteiger partial charge is 0.497 e. The number of benzene rings is 2. The third-order valence-electron chi connectivity index (χ3n) is 2.92. The van der Waals surface area contributed by atoms with Crippen LogP contribution in [0.5, 0.6) is 5.75 Å². The fraction of sp³-hybridized carbons (Fsp3) is 0.188. The van der Waals surface area contributed by atoms with E-state index in [-0.39, 0.29) is 12.5 Å². The zero-order valence-electron chi connectivity index (χ0n) is 11.7. The smallest absolute Gasteiger partial charge is 0.238 e. The molecule has 2 aromatic rings. The SMILES string of the molecule is COc1ccc(CNCC(=O)Nc2ccccc2Cl)cc1. The molecule has 0 radical (unpaired) electrons. The number of para-hydroxylation sites is 1. The molecule has 4 nitrogen and oxygen atoms in total. The van der Waals surface area contributed by atoms with E-state index in [1.165, 1.54) is 0 Å². The first-order valence-electron chi connectivity index (χ1n) is 6.57. The Kier molecular flexibility index (Phi) is 5.60. The monoisotopic (exact) mass is 304 g/mol. The minimum absolute atomic E-state index is 0.128. The second-order valence-electron chi connectivity index (χ2n) is 4.48. The Labute approximate surface area is 129 Å². The Morgan fingerprint density at radius 3 is 2.52 bits per heavy atom. The number of rotatable bonds is 6. The van der Waals surface area contributed by atoms with Crippen LogP contribution in [0.1, 0.15) is 5.56 Å². The van der Waals surface area contributed by atoms with Gasteiger partial charge in [-0.25, -0.2) is 0 Å². The summed E-state index contributed by atoms with van der Waals surface area (Å²) in [6, 6.07) is 14.8. The Morgan fingerprint density at radius 2 is 1.86 bits per heavy atom. The van der Waals surface area contributed by atoms with Gasteiger partial charge in [0.2, 0.25) is 5.91 Å². The molecule has 0 atom stereocenters. The summed E-state index contributed by atoms with van der Waals surface area (Å²) >= 11 is 5.98. The molecule has 5 heteroatoms. The molecule has 21 heavy (non-hydrogen) atoms. The van der Waals surface area contributed by atoms with Crippen LogP contribution < -0.4 is 15.4 Å². The molecular weight excluding hydrogens is 288 g/mol. The molecule has 110 valence electrons. The number of anilines is 1. The van der Waals surface area contributed by atoms with Crippen LogP contribution >= 0.6 is 11.6 Å². The third-order valence-corrected chi connectivity index (χ3v) is 3.25. The lowest BCUT2D eigenvalue weighted by molar-refractivity contribution is -0.115. The highest BCUT2D eigenvalue weighted by atomic mass is 35.5. The Bertz CT molecular complexity index is 599. The van der Waals surface area contributed by atoms with E-state index in [9.17, 15) is 4.79 Å². The molecule has 0 aliphatic carbocycles. The first-order chi connectivity index (χ1) is 10.2. The number of hydrogen-bond acceptors (Lipinski definition) is 3. The molecule has 0 aliphatic rings. The lowest BCUT2D eigenvalue weighted by atomic mass is 10.2. The lowest BCUT2D eigenvalue weighted by Crippen LogP contribution is -2.27. The number of ether oxygens (including phenoxy) is 1. The number of hydrogen-bond donors (Lipinski definition) is 2. The fourth-order valence-corrected chi connectivity index (χ4v) is 2.00. The van der Waals surface area contributed by atoms with Crippen LogP contribution in [-0.2, 0) is 11.3 Å². The van der Waals surface area contributed by atoms with Gasteiger partial charge in [0.25, 0.3) is 0 Å². The van der Waals surface area contributed by atoms with Crippen LogP contribution in [-0.4, -0.2) is 19.6 Å². The van der Waals surface area contributed by atoms with Crippen molar-refractivity contribution in [3.8, 4) is 5.75 Å². The van der Waals surface area contributed by atoms with Crippen molar-refractivity contribution in [2.75, 3.05) is 19.0 Å². The number of amides is 1. The molecule has 0 spiro atoms. The molecule has 0 saturated heterocycles. The predicted molar refractivity (Wildman–Crippen MR) is 84.8 cm³/mol. The van der Waals surface area contributed by atoms with Gasteiger partial charge in [0.15, 0.2) is 0 Å². The normalized spacial score (nSPS) is 10.2. The molecule has 2 aromatic carbocycles. The highest BCUT2D eigenvalue weighted by Gasteiger charge is 2.04. The molecule has 0 aromatic heterocycles. The Balaban J connectivity index is 1.77. The number of carbonyl (C=O) groups is 1. The average Bonchev–Trinajstić information content (AvgIpc) is 2.50. The fourth-order valence-electron chi connectivity index (χ4n) is 1.82. The highest BCUT2D eigenvalue weighted by molar-refractivity contribution is 6.33. The second-order valence-corrected chi connectivity index (χ2v) is 4.89. The summed E-state index contributed by atoms with van der Waals surface area (Å²) in [5, 5.41) is 6.37. The molecule has 0 saturated carbocycles. The summed E-state index contributed by atoms with van der Waals surface area (Å²) in [6.45, 7) is 0.831. The lowest BCUT2D eigenvalue weighted by Gasteiger charge is -2.08. The van der Waals surface area contributed by atoms with E-state index in [0.29, 0.717) is 17.3 Å². The summed E-state index contributed by atoms with van der Waals surface area (Å²) in [4.78, 5) is 11.8. The maximum Gasteiger partial charge on any atom is 0.238 e. The van der Waals surface area contributed by atoms with Crippen molar-refractivity contribution in [1.29, 1.82) is 0 Å². The highest BCUT2D eigenvalue weighted by Crippen LogP contribution is 2.20. The van der Waals surface area contributed by atoms with Crippen LogP contribution in [0.3, 0.4) is 0 Å². The van der Waals surface area contributed by atoms with E-state index >= 15 is 0 Å². The van der Waals surface area contributed by atoms with E-state index in [1.807, 2.05) is 36.4 Å². The maximum atomic E-state index is 11.8. The molecule has 1 amide bonds. The third kappa shape index (κ3) is 4.77. The maximum absolute atomic E-state index is 11.8. The number of carbonyl (C=O) groups excluding carboxylic acids is 1. The van der Waals surface area contributed by atoms with Crippen LogP contribution in [0, 0.1) is 0 Å². The quantitative estimate of drug-likeness (QED) is 0.862. The Hall–Kier alpha value is -2.04. The first-order valence-corrected chi connectivity index (χ1v) is 6.95. The zero-order chi connectivity index (χ0) is 15.1. The molecule has 0 aliphatic heterocycles. The molecular formula is C16H17ClN2O2. The van der Waals surface area contributed by atoms with Gasteiger partial charge in [0.05, 0.1) is 24.4 Å². The van der Waals surface area contributed by atoms with Crippen LogP contribution in [0.15, 0.2) is 48.5 Å². The van der Waals surface area contributed by atoms with Crippen LogP contribution in [0.25, 0.3) is 0 Å². The van der Waals surface area contributed by atoms with E-state index < -0.39 is 0 Å². The average molecular weight is 305 g/mol.